The van der Waals surface area contributed by atoms with E-state index in [9.17, 15) is 14.4 Å². The van der Waals surface area contributed by atoms with Gasteiger partial charge in [0.25, 0.3) is 5.91 Å². The Morgan fingerprint density at radius 1 is 1.32 bits per heavy atom. The molecule has 2 aliphatic heterocycles. The van der Waals surface area contributed by atoms with E-state index < -0.39 is 0 Å². The summed E-state index contributed by atoms with van der Waals surface area (Å²) >= 11 is 0. The second-order valence-corrected chi connectivity index (χ2v) is 5.76. The molecule has 2 heterocycles. The average molecular weight is 301 g/mol. The molecule has 2 saturated heterocycles. The molecule has 116 valence electrons. The van der Waals surface area contributed by atoms with Crippen LogP contribution in [0.4, 0.5) is 4.79 Å². The number of hydrogen-bond donors (Lipinski definition) is 1. The highest BCUT2D eigenvalue weighted by molar-refractivity contribution is 6.06. The summed E-state index contributed by atoms with van der Waals surface area (Å²) in [5, 5.41) is 2.83. The van der Waals surface area contributed by atoms with Gasteiger partial charge in [0.15, 0.2) is 0 Å². The topological polar surface area (TPSA) is 69.7 Å². The first-order valence-corrected chi connectivity index (χ1v) is 7.54. The van der Waals surface area contributed by atoms with E-state index in [1.165, 1.54) is 0 Å². The van der Waals surface area contributed by atoms with E-state index in [0.29, 0.717) is 13.0 Å². The maximum Gasteiger partial charge on any atom is 0.327 e. The summed E-state index contributed by atoms with van der Waals surface area (Å²) < 4.78 is 0. The van der Waals surface area contributed by atoms with Crippen LogP contribution in [-0.4, -0.2) is 46.8 Å². The lowest BCUT2D eigenvalue weighted by Gasteiger charge is -2.18. The molecule has 6 heteroatoms. The molecule has 0 saturated carbocycles. The third-order valence-corrected chi connectivity index (χ3v) is 4.26. The third kappa shape index (κ3) is 2.56. The fourth-order valence-electron chi connectivity index (χ4n) is 3.08. The predicted octanol–water partition coefficient (Wildman–Crippen LogP) is 1.29. The molecule has 6 nitrogen and oxygen atoms in total. The van der Waals surface area contributed by atoms with Crippen molar-refractivity contribution >= 4 is 17.8 Å². The van der Waals surface area contributed by atoms with Crippen LogP contribution in [0, 0.1) is 0 Å². The second kappa shape index (κ2) is 5.79. The molecule has 1 aromatic rings. The maximum absolute atomic E-state index is 12.2. The van der Waals surface area contributed by atoms with Gasteiger partial charge in [-0.05, 0) is 25.3 Å². The number of urea groups is 1. The van der Waals surface area contributed by atoms with Gasteiger partial charge >= 0.3 is 6.03 Å². The molecule has 22 heavy (non-hydrogen) atoms. The molecule has 0 aromatic heterocycles. The lowest BCUT2D eigenvalue weighted by molar-refractivity contribution is -0.132. The Hall–Kier alpha value is -2.37. The van der Waals surface area contributed by atoms with Crippen molar-refractivity contribution in [2.75, 3.05) is 13.1 Å². The fraction of sp³-hybridized carbons (Fsp3) is 0.438. The van der Waals surface area contributed by atoms with E-state index >= 15 is 0 Å². The lowest BCUT2D eigenvalue weighted by Crippen LogP contribution is -2.42. The van der Waals surface area contributed by atoms with Crippen LogP contribution in [0.5, 0.6) is 0 Å². The van der Waals surface area contributed by atoms with Gasteiger partial charge in [-0.3, -0.25) is 14.5 Å². The number of rotatable bonds is 4. The highest BCUT2D eigenvalue weighted by Gasteiger charge is 2.47. The third-order valence-electron chi connectivity index (χ3n) is 4.26. The van der Waals surface area contributed by atoms with Crippen molar-refractivity contribution in [1.29, 1.82) is 0 Å². The van der Waals surface area contributed by atoms with Gasteiger partial charge in [-0.1, -0.05) is 30.3 Å². The number of fused-ring (bicyclic) bond motifs is 1. The SMILES string of the molecule is CC(NC(=O)CN1C(=O)C2CCCN2C1=O)c1ccccc1. The zero-order valence-corrected chi connectivity index (χ0v) is 12.5. The van der Waals surface area contributed by atoms with Crippen LogP contribution in [0.15, 0.2) is 30.3 Å². The van der Waals surface area contributed by atoms with Gasteiger partial charge in [-0.2, -0.15) is 0 Å². The summed E-state index contributed by atoms with van der Waals surface area (Å²) in [6, 6.07) is 8.70. The molecule has 0 bridgehead atoms. The van der Waals surface area contributed by atoms with Gasteiger partial charge in [0, 0.05) is 6.54 Å². The highest BCUT2D eigenvalue weighted by Crippen LogP contribution is 2.27. The van der Waals surface area contributed by atoms with Crippen molar-refractivity contribution in [2.24, 2.45) is 0 Å². The Bertz CT molecular complexity index is 580. The van der Waals surface area contributed by atoms with E-state index in [1.807, 2.05) is 37.3 Å². The Kier molecular flexibility index (Phi) is 3.83. The molecule has 0 spiro atoms. The van der Waals surface area contributed by atoms with Gasteiger partial charge < -0.3 is 10.2 Å². The van der Waals surface area contributed by atoms with E-state index in [2.05, 4.69) is 5.32 Å². The van der Waals surface area contributed by atoms with E-state index in [1.54, 1.807) is 4.90 Å². The first kappa shape index (κ1) is 14.6. The van der Waals surface area contributed by atoms with Crippen LogP contribution < -0.4 is 5.32 Å². The largest absolute Gasteiger partial charge is 0.348 e. The van der Waals surface area contributed by atoms with E-state index in [4.69, 9.17) is 0 Å². The number of imide groups is 1. The lowest BCUT2D eigenvalue weighted by atomic mass is 10.1. The Morgan fingerprint density at radius 3 is 2.73 bits per heavy atom. The molecule has 2 fully saturated rings. The van der Waals surface area contributed by atoms with Crippen molar-refractivity contribution in [2.45, 2.75) is 31.8 Å². The van der Waals surface area contributed by atoms with Crippen molar-refractivity contribution < 1.29 is 14.4 Å². The smallest absolute Gasteiger partial charge is 0.327 e. The quantitative estimate of drug-likeness (QED) is 0.852. The number of nitrogens with one attached hydrogen (secondary N) is 1. The number of benzene rings is 1. The van der Waals surface area contributed by atoms with Gasteiger partial charge in [-0.15, -0.1) is 0 Å². The predicted molar refractivity (Wildman–Crippen MR) is 79.8 cm³/mol. The van der Waals surface area contributed by atoms with Crippen LogP contribution in [-0.2, 0) is 9.59 Å². The van der Waals surface area contributed by atoms with Gasteiger partial charge in [-0.25, -0.2) is 4.79 Å². The molecule has 3 rings (SSSR count). The molecule has 4 amide bonds. The minimum atomic E-state index is -0.355. The molecule has 1 aromatic carbocycles. The molecule has 2 atom stereocenters. The molecular formula is C16H19N3O3. The van der Waals surface area contributed by atoms with E-state index in [0.717, 1.165) is 16.9 Å². The van der Waals surface area contributed by atoms with Crippen LogP contribution in [0.25, 0.3) is 0 Å². The molecule has 0 radical (unpaired) electrons. The molecule has 2 unspecified atom stereocenters. The minimum Gasteiger partial charge on any atom is -0.348 e. The number of carbonyl (C=O) groups is 3. The Labute approximate surface area is 129 Å². The van der Waals surface area contributed by atoms with Crippen molar-refractivity contribution in [3.05, 3.63) is 35.9 Å². The normalized spacial score (nSPS) is 22.0. The first-order valence-electron chi connectivity index (χ1n) is 7.54. The molecule has 0 aliphatic carbocycles. The summed E-state index contributed by atoms with van der Waals surface area (Å²) in [6.45, 7) is 2.27. The summed E-state index contributed by atoms with van der Waals surface area (Å²) in [5.41, 5.74) is 0.982. The number of carbonyl (C=O) groups excluding carboxylic acids is 3. The summed E-state index contributed by atoms with van der Waals surface area (Å²) in [5.74, 6) is -0.566. The molecular weight excluding hydrogens is 282 g/mol. The Balaban J connectivity index is 1.60. The van der Waals surface area contributed by atoms with Gasteiger partial charge in [0.2, 0.25) is 5.91 Å². The summed E-state index contributed by atoms with van der Waals surface area (Å²) in [6.07, 6.45) is 1.55. The minimum absolute atomic E-state index is 0.165. The fourth-order valence-corrected chi connectivity index (χ4v) is 3.08. The van der Waals surface area contributed by atoms with E-state index in [-0.39, 0.29) is 36.5 Å². The zero-order chi connectivity index (χ0) is 15.7. The van der Waals surface area contributed by atoms with Crippen molar-refractivity contribution in [3.8, 4) is 0 Å². The van der Waals surface area contributed by atoms with Crippen molar-refractivity contribution in [3.63, 3.8) is 0 Å². The molecule has 2 aliphatic rings. The van der Waals surface area contributed by atoms with Crippen LogP contribution in [0.1, 0.15) is 31.4 Å². The standard InChI is InChI=1S/C16H19N3O3/c1-11(12-6-3-2-4-7-12)17-14(20)10-19-15(21)13-8-5-9-18(13)16(19)22/h2-4,6-7,11,13H,5,8-10H2,1H3,(H,17,20). The Morgan fingerprint density at radius 2 is 2.05 bits per heavy atom. The number of hydrogen-bond acceptors (Lipinski definition) is 3. The number of nitrogens with zero attached hydrogens (tertiary/aromatic N) is 2. The van der Waals surface area contributed by atoms with Crippen LogP contribution in [0.3, 0.4) is 0 Å². The monoisotopic (exact) mass is 301 g/mol. The van der Waals surface area contributed by atoms with Gasteiger partial charge in [0.1, 0.15) is 12.6 Å². The zero-order valence-electron chi connectivity index (χ0n) is 12.5. The number of amides is 4. The summed E-state index contributed by atoms with van der Waals surface area (Å²) in [4.78, 5) is 39.1. The van der Waals surface area contributed by atoms with Crippen LogP contribution in [0.2, 0.25) is 0 Å². The van der Waals surface area contributed by atoms with Gasteiger partial charge in [0.05, 0.1) is 6.04 Å². The second-order valence-electron chi connectivity index (χ2n) is 5.76. The van der Waals surface area contributed by atoms with Crippen molar-refractivity contribution in [1.82, 2.24) is 15.1 Å². The average Bonchev–Trinajstić information content (AvgIpc) is 3.08. The maximum atomic E-state index is 12.2. The summed E-state index contributed by atoms with van der Waals surface area (Å²) in [7, 11) is 0. The first-order chi connectivity index (χ1) is 10.6. The molecule has 1 N–H and O–H groups in total. The highest BCUT2D eigenvalue weighted by atomic mass is 16.2. The van der Waals surface area contributed by atoms with Crippen LogP contribution >= 0.6 is 0 Å².